The molecule has 0 saturated carbocycles. The fourth-order valence-electron chi connectivity index (χ4n) is 2.07. The Morgan fingerprint density at radius 3 is 2.58 bits per heavy atom. The topological polar surface area (TPSA) is 37.3 Å². The quantitative estimate of drug-likeness (QED) is 0.605. The van der Waals surface area contributed by atoms with Crippen LogP contribution in [0, 0.1) is 5.41 Å². The van der Waals surface area contributed by atoms with E-state index in [0.29, 0.717) is 12.8 Å². The van der Waals surface area contributed by atoms with Gasteiger partial charge in [-0.2, -0.15) is 0 Å². The van der Waals surface area contributed by atoms with E-state index in [4.69, 9.17) is 0 Å². The second-order valence-corrected chi connectivity index (χ2v) is 4.26. The van der Waals surface area contributed by atoms with E-state index in [0.717, 1.165) is 17.4 Å². The van der Waals surface area contributed by atoms with Crippen LogP contribution in [-0.2, 0) is 4.79 Å². The monoisotopic (exact) mass is 168 g/mol. The third kappa shape index (κ3) is 1.58. The maximum atomic E-state index is 10.8. The molecule has 0 unspecified atom stereocenters. The minimum Gasteiger partial charge on any atom is -0.393 e. The summed E-state index contributed by atoms with van der Waals surface area (Å²) < 4.78 is 0. The molecule has 0 amide bonds. The third-order valence-electron chi connectivity index (χ3n) is 2.59. The summed E-state index contributed by atoms with van der Waals surface area (Å²) in [5.41, 5.74) is 1.75. The highest BCUT2D eigenvalue weighted by Crippen LogP contribution is 2.38. The van der Waals surface area contributed by atoms with Crippen LogP contribution in [0.2, 0.25) is 0 Å². The Kier molecular flexibility index (Phi) is 2.38. The number of aliphatic hydroxyl groups excluding tert-OH is 1. The predicted octanol–water partition coefficient (Wildman–Crippen LogP) is 1.68. The SMILES string of the molecule is CC1=C(C=O)C(C)(C)C[C@H](O)C1. The zero-order chi connectivity index (χ0) is 9.35. The van der Waals surface area contributed by atoms with E-state index < -0.39 is 0 Å². The van der Waals surface area contributed by atoms with Crippen molar-refractivity contribution >= 4 is 6.29 Å². The van der Waals surface area contributed by atoms with Gasteiger partial charge < -0.3 is 5.11 Å². The third-order valence-corrected chi connectivity index (χ3v) is 2.59. The van der Waals surface area contributed by atoms with Gasteiger partial charge in [0.25, 0.3) is 0 Å². The molecule has 0 aliphatic heterocycles. The number of hydrogen-bond donors (Lipinski definition) is 1. The maximum absolute atomic E-state index is 10.8. The fourth-order valence-corrected chi connectivity index (χ4v) is 2.07. The minimum atomic E-state index is -0.274. The molecule has 2 heteroatoms. The second kappa shape index (κ2) is 3.02. The van der Waals surface area contributed by atoms with Crippen molar-refractivity contribution in [2.45, 2.75) is 39.7 Å². The van der Waals surface area contributed by atoms with Gasteiger partial charge in [-0.15, -0.1) is 0 Å². The number of hydrogen-bond acceptors (Lipinski definition) is 2. The molecule has 0 aromatic heterocycles. The molecule has 1 rings (SSSR count). The lowest BCUT2D eigenvalue weighted by molar-refractivity contribution is -0.106. The summed E-state index contributed by atoms with van der Waals surface area (Å²) in [6.45, 7) is 5.93. The normalized spacial score (nSPS) is 28.8. The Hall–Kier alpha value is -0.630. The van der Waals surface area contributed by atoms with E-state index in [1.165, 1.54) is 0 Å². The van der Waals surface area contributed by atoms with Crippen LogP contribution in [0.5, 0.6) is 0 Å². The molecule has 0 aromatic rings. The van der Waals surface area contributed by atoms with Crippen LogP contribution >= 0.6 is 0 Å². The van der Waals surface area contributed by atoms with Crippen LogP contribution in [-0.4, -0.2) is 17.5 Å². The lowest BCUT2D eigenvalue weighted by Crippen LogP contribution is -2.29. The van der Waals surface area contributed by atoms with Gasteiger partial charge in [-0.05, 0) is 30.8 Å². The smallest absolute Gasteiger partial charge is 0.146 e. The highest BCUT2D eigenvalue weighted by Gasteiger charge is 2.32. The number of aldehydes is 1. The first-order valence-electron chi connectivity index (χ1n) is 4.31. The van der Waals surface area contributed by atoms with Crippen LogP contribution in [0.1, 0.15) is 33.6 Å². The average Bonchev–Trinajstić information content (AvgIpc) is 1.82. The Bertz CT molecular complexity index is 226. The summed E-state index contributed by atoms with van der Waals surface area (Å²) >= 11 is 0. The van der Waals surface area contributed by atoms with E-state index in [9.17, 15) is 9.90 Å². The molecule has 1 atom stereocenters. The molecular formula is C10H16O2. The molecule has 12 heavy (non-hydrogen) atoms. The molecule has 0 spiro atoms. The van der Waals surface area contributed by atoms with Crippen molar-refractivity contribution in [1.82, 2.24) is 0 Å². The molecule has 0 saturated heterocycles. The highest BCUT2D eigenvalue weighted by atomic mass is 16.3. The average molecular weight is 168 g/mol. The van der Waals surface area contributed by atoms with Crippen LogP contribution in [0.25, 0.3) is 0 Å². The second-order valence-electron chi connectivity index (χ2n) is 4.26. The van der Waals surface area contributed by atoms with E-state index in [1.54, 1.807) is 0 Å². The Morgan fingerprint density at radius 2 is 2.17 bits per heavy atom. The largest absolute Gasteiger partial charge is 0.393 e. The van der Waals surface area contributed by atoms with Gasteiger partial charge in [-0.1, -0.05) is 19.4 Å². The summed E-state index contributed by atoms with van der Waals surface area (Å²) in [6.07, 6.45) is 2.00. The predicted molar refractivity (Wildman–Crippen MR) is 47.8 cm³/mol. The molecule has 68 valence electrons. The zero-order valence-electron chi connectivity index (χ0n) is 7.92. The standard InChI is InChI=1S/C10H16O2/c1-7-4-8(12)5-10(2,3)9(7)6-11/h6,8,12H,4-5H2,1-3H3/t8-/m1/s1. The van der Waals surface area contributed by atoms with E-state index in [1.807, 2.05) is 20.8 Å². The van der Waals surface area contributed by atoms with Gasteiger partial charge in [0, 0.05) is 0 Å². The molecule has 0 radical (unpaired) electrons. The number of rotatable bonds is 1. The molecule has 2 nitrogen and oxygen atoms in total. The van der Waals surface area contributed by atoms with Gasteiger partial charge in [0.2, 0.25) is 0 Å². The van der Waals surface area contributed by atoms with Crippen LogP contribution in [0.15, 0.2) is 11.1 Å². The van der Waals surface area contributed by atoms with E-state index >= 15 is 0 Å². The number of allylic oxidation sites excluding steroid dienone is 1. The highest BCUT2D eigenvalue weighted by molar-refractivity contribution is 5.76. The first-order valence-corrected chi connectivity index (χ1v) is 4.31. The molecule has 0 aromatic carbocycles. The van der Waals surface area contributed by atoms with Crippen LogP contribution in [0.4, 0.5) is 0 Å². The van der Waals surface area contributed by atoms with Gasteiger partial charge >= 0.3 is 0 Å². The molecule has 1 aliphatic carbocycles. The molecule has 0 bridgehead atoms. The molecule has 0 fully saturated rings. The van der Waals surface area contributed by atoms with E-state index in [2.05, 4.69) is 0 Å². The molecule has 0 heterocycles. The Labute approximate surface area is 73.3 Å². The zero-order valence-corrected chi connectivity index (χ0v) is 7.92. The fraction of sp³-hybridized carbons (Fsp3) is 0.700. The van der Waals surface area contributed by atoms with Crippen molar-refractivity contribution < 1.29 is 9.90 Å². The van der Waals surface area contributed by atoms with Crippen molar-refractivity contribution in [2.75, 3.05) is 0 Å². The molecule has 1 aliphatic rings. The first-order chi connectivity index (χ1) is 5.47. The van der Waals surface area contributed by atoms with Crippen molar-refractivity contribution in [1.29, 1.82) is 0 Å². The first kappa shape index (κ1) is 9.46. The van der Waals surface area contributed by atoms with Gasteiger partial charge in [-0.3, -0.25) is 4.79 Å². The van der Waals surface area contributed by atoms with Gasteiger partial charge in [0.05, 0.1) is 6.10 Å². The van der Waals surface area contributed by atoms with Gasteiger partial charge in [0.15, 0.2) is 0 Å². The Morgan fingerprint density at radius 1 is 1.58 bits per heavy atom. The number of carbonyl (C=O) groups is 1. The summed E-state index contributed by atoms with van der Waals surface area (Å²) in [5.74, 6) is 0. The van der Waals surface area contributed by atoms with Crippen molar-refractivity contribution in [3.63, 3.8) is 0 Å². The van der Waals surface area contributed by atoms with E-state index in [-0.39, 0.29) is 11.5 Å². The summed E-state index contributed by atoms with van der Waals surface area (Å²) in [4.78, 5) is 10.8. The van der Waals surface area contributed by atoms with Crippen LogP contribution < -0.4 is 0 Å². The van der Waals surface area contributed by atoms with Gasteiger partial charge in [-0.25, -0.2) is 0 Å². The van der Waals surface area contributed by atoms with Crippen LogP contribution in [0.3, 0.4) is 0 Å². The molecule has 1 N–H and O–H groups in total. The lowest BCUT2D eigenvalue weighted by atomic mass is 9.72. The maximum Gasteiger partial charge on any atom is 0.146 e. The number of carbonyl (C=O) groups excluding carboxylic acids is 1. The van der Waals surface area contributed by atoms with Crippen molar-refractivity contribution in [2.24, 2.45) is 5.41 Å². The summed E-state index contributed by atoms with van der Waals surface area (Å²) in [6, 6.07) is 0. The van der Waals surface area contributed by atoms with Crippen molar-refractivity contribution in [3.8, 4) is 0 Å². The van der Waals surface area contributed by atoms with Crippen molar-refractivity contribution in [3.05, 3.63) is 11.1 Å². The Balaban J connectivity index is 3.03. The summed E-state index contributed by atoms with van der Waals surface area (Å²) in [7, 11) is 0. The van der Waals surface area contributed by atoms with Gasteiger partial charge in [0.1, 0.15) is 6.29 Å². The number of aliphatic hydroxyl groups is 1. The molecular weight excluding hydrogens is 152 g/mol. The summed E-state index contributed by atoms with van der Waals surface area (Å²) in [5, 5.41) is 9.48. The minimum absolute atomic E-state index is 0.149. The lowest BCUT2D eigenvalue weighted by Gasteiger charge is -2.34.